The molecule has 0 amide bonds. The predicted octanol–water partition coefficient (Wildman–Crippen LogP) is 17.3. The molecule has 3 heterocycles. The van der Waals surface area contributed by atoms with E-state index in [1.165, 1.54) is 66.1 Å². The van der Waals surface area contributed by atoms with Crippen LogP contribution in [0.1, 0.15) is 0 Å². The van der Waals surface area contributed by atoms with Gasteiger partial charge in [0.1, 0.15) is 0 Å². The maximum atomic E-state index is 5.56. The number of aromatic nitrogens is 3. The Hall–Kier alpha value is -9.05. The Bertz CT molecular complexity index is 3540. The zero-order chi connectivity index (χ0) is 45.0. The first-order chi connectivity index (χ1) is 33.7. The maximum Gasteiger partial charge on any atom is 0.0730 e. The van der Waals surface area contributed by atoms with Gasteiger partial charge in [0.25, 0.3) is 0 Å². The highest BCUT2D eigenvalue weighted by Crippen LogP contribution is 2.42. The van der Waals surface area contributed by atoms with Crippen molar-refractivity contribution in [2.24, 2.45) is 0 Å². The van der Waals surface area contributed by atoms with E-state index in [1.807, 2.05) is 0 Å². The lowest BCUT2D eigenvalue weighted by molar-refractivity contribution is 1.16. The summed E-state index contributed by atoms with van der Waals surface area (Å²) in [6.45, 7) is 0. The lowest BCUT2D eigenvalue weighted by atomic mass is 10.0. The Morgan fingerprint density at radius 3 is 0.809 bits per heavy atom. The molecule has 0 radical (unpaired) electrons. The van der Waals surface area contributed by atoms with Crippen LogP contribution in [0.5, 0.6) is 0 Å². The molecule has 13 aromatic rings. The number of para-hydroxylation sites is 2. The van der Waals surface area contributed by atoms with Crippen LogP contribution in [-0.2, 0) is 0 Å². The van der Waals surface area contributed by atoms with Crippen LogP contribution in [-0.4, -0.2) is 14.1 Å². The van der Waals surface area contributed by atoms with E-state index in [2.05, 4.69) is 270 Å². The smallest absolute Gasteiger partial charge is 0.0730 e. The summed E-state index contributed by atoms with van der Waals surface area (Å²) in [6, 6.07) is 94.1. The molecule has 0 saturated carbocycles. The fourth-order valence-electron chi connectivity index (χ4n) is 10.3. The SMILES string of the molecule is c1ccc(-c2ccc3c(c2)c2cc(-c4ccccc4)ccc2n3-c2ccccc2-c2cccc(-c3ccccc3-n3c4ccc(-c5ccccc5)cc4c4cc(-c5ccccc5)ccc43)n2)cc1. The molecule has 3 nitrogen and oxygen atoms in total. The molecule has 0 bridgehead atoms. The number of hydrogen-bond acceptors (Lipinski definition) is 1. The molecule has 0 atom stereocenters. The van der Waals surface area contributed by atoms with Crippen molar-refractivity contribution < 1.29 is 0 Å². The van der Waals surface area contributed by atoms with E-state index in [-0.39, 0.29) is 0 Å². The standard InChI is InChI=1S/C65H43N3/c1-5-18-44(19-6-1)48-32-36-62-54(40-48)55-41-49(45-20-7-2-8-21-45)33-37-63(55)67(62)60-30-15-13-26-52(60)58-28-17-29-59(66-58)53-27-14-16-31-61(53)68-64-38-34-50(46-22-9-3-10-23-46)42-56(64)57-43-51(35-39-65(57)68)47-24-11-4-12-25-47/h1-43H. The highest BCUT2D eigenvalue weighted by molar-refractivity contribution is 6.13. The van der Waals surface area contributed by atoms with Gasteiger partial charge < -0.3 is 9.13 Å². The summed E-state index contributed by atoms with van der Waals surface area (Å²) in [7, 11) is 0. The molecule has 318 valence electrons. The molecule has 0 unspecified atom stereocenters. The molecule has 0 spiro atoms. The average molecular weight is 866 g/mol. The summed E-state index contributed by atoms with van der Waals surface area (Å²) < 4.78 is 4.86. The van der Waals surface area contributed by atoms with Crippen LogP contribution in [0.2, 0.25) is 0 Å². The summed E-state index contributed by atoms with van der Waals surface area (Å²) in [6.07, 6.45) is 0. The molecule has 0 fully saturated rings. The largest absolute Gasteiger partial charge is 0.309 e. The van der Waals surface area contributed by atoms with E-state index < -0.39 is 0 Å². The Morgan fingerprint density at radius 1 is 0.221 bits per heavy atom. The minimum atomic E-state index is 0.909. The predicted molar refractivity (Wildman–Crippen MR) is 286 cm³/mol. The number of nitrogens with zero attached hydrogens (tertiary/aromatic N) is 3. The van der Waals surface area contributed by atoms with Gasteiger partial charge in [0, 0.05) is 32.7 Å². The van der Waals surface area contributed by atoms with Crippen LogP contribution in [0, 0.1) is 0 Å². The average Bonchev–Trinajstić information content (AvgIpc) is 3.93. The maximum absolute atomic E-state index is 5.56. The van der Waals surface area contributed by atoms with Crippen molar-refractivity contribution in [2.75, 3.05) is 0 Å². The third kappa shape index (κ3) is 6.71. The highest BCUT2D eigenvalue weighted by Gasteiger charge is 2.21. The summed E-state index contributed by atoms with van der Waals surface area (Å²) in [4.78, 5) is 5.56. The van der Waals surface area contributed by atoms with E-state index >= 15 is 0 Å². The monoisotopic (exact) mass is 865 g/mol. The second-order valence-electron chi connectivity index (χ2n) is 17.5. The third-order valence-electron chi connectivity index (χ3n) is 13.5. The Balaban J connectivity index is 0.975. The number of pyridine rings is 1. The van der Waals surface area contributed by atoms with Crippen LogP contribution in [0.4, 0.5) is 0 Å². The minimum Gasteiger partial charge on any atom is -0.309 e. The van der Waals surface area contributed by atoms with Gasteiger partial charge in [0.15, 0.2) is 0 Å². The Labute approximate surface area is 395 Å². The molecule has 10 aromatic carbocycles. The third-order valence-corrected chi connectivity index (χ3v) is 13.5. The summed E-state index contributed by atoms with van der Waals surface area (Å²) in [5.41, 5.74) is 20.3. The fraction of sp³-hybridized carbons (Fsp3) is 0. The topological polar surface area (TPSA) is 22.8 Å². The van der Waals surface area contributed by atoms with Gasteiger partial charge in [0.05, 0.1) is 44.8 Å². The van der Waals surface area contributed by atoms with Gasteiger partial charge in [-0.15, -0.1) is 0 Å². The molecule has 0 N–H and O–H groups in total. The lowest BCUT2D eigenvalue weighted by Crippen LogP contribution is -2.00. The summed E-state index contributed by atoms with van der Waals surface area (Å²) in [5.74, 6) is 0. The van der Waals surface area contributed by atoms with Crippen molar-refractivity contribution in [3.8, 4) is 78.4 Å². The molecular weight excluding hydrogens is 823 g/mol. The van der Waals surface area contributed by atoms with Gasteiger partial charge in [-0.3, -0.25) is 0 Å². The Kier molecular flexibility index (Phi) is 9.50. The number of fused-ring (bicyclic) bond motifs is 6. The Morgan fingerprint density at radius 2 is 0.500 bits per heavy atom. The number of benzene rings is 10. The van der Waals surface area contributed by atoms with E-state index in [9.17, 15) is 0 Å². The molecule has 13 rings (SSSR count). The fourth-order valence-corrected chi connectivity index (χ4v) is 10.3. The molecule has 68 heavy (non-hydrogen) atoms. The second-order valence-corrected chi connectivity index (χ2v) is 17.5. The molecule has 3 heteroatoms. The molecule has 0 aliphatic heterocycles. The molecular formula is C65H43N3. The lowest BCUT2D eigenvalue weighted by Gasteiger charge is -2.16. The van der Waals surface area contributed by atoms with Crippen LogP contribution < -0.4 is 0 Å². The van der Waals surface area contributed by atoms with Crippen LogP contribution in [0.3, 0.4) is 0 Å². The minimum absolute atomic E-state index is 0.909. The van der Waals surface area contributed by atoms with Crippen LogP contribution in [0.15, 0.2) is 261 Å². The van der Waals surface area contributed by atoms with Crippen molar-refractivity contribution in [3.05, 3.63) is 261 Å². The van der Waals surface area contributed by atoms with E-state index in [0.29, 0.717) is 0 Å². The molecule has 3 aromatic heterocycles. The van der Waals surface area contributed by atoms with Gasteiger partial charge in [0.2, 0.25) is 0 Å². The first-order valence-electron chi connectivity index (χ1n) is 23.3. The van der Waals surface area contributed by atoms with Gasteiger partial charge >= 0.3 is 0 Å². The zero-order valence-corrected chi connectivity index (χ0v) is 37.2. The van der Waals surface area contributed by atoms with Crippen molar-refractivity contribution in [2.45, 2.75) is 0 Å². The van der Waals surface area contributed by atoms with Crippen molar-refractivity contribution >= 4 is 43.6 Å². The van der Waals surface area contributed by atoms with E-state index in [4.69, 9.17) is 4.98 Å². The second kappa shape index (κ2) is 16.4. The number of rotatable bonds is 8. The van der Waals surface area contributed by atoms with Crippen molar-refractivity contribution in [1.29, 1.82) is 0 Å². The van der Waals surface area contributed by atoms with Gasteiger partial charge in [-0.2, -0.15) is 0 Å². The van der Waals surface area contributed by atoms with Crippen molar-refractivity contribution in [3.63, 3.8) is 0 Å². The molecule has 0 saturated heterocycles. The highest BCUT2D eigenvalue weighted by atomic mass is 15.0. The molecule has 0 aliphatic rings. The van der Waals surface area contributed by atoms with Gasteiger partial charge in [-0.25, -0.2) is 4.98 Å². The molecule has 0 aliphatic carbocycles. The first-order valence-corrected chi connectivity index (χ1v) is 23.3. The quantitative estimate of drug-likeness (QED) is 0.149. The normalized spacial score (nSPS) is 11.5. The van der Waals surface area contributed by atoms with Crippen LogP contribution in [0.25, 0.3) is 122 Å². The zero-order valence-electron chi connectivity index (χ0n) is 37.2. The number of hydrogen-bond donors (Lipinski definition) is 0. The first kappa shape index (κ1) is 39.3. The van der Waals surface area contributed by atoms with Crippen molar-refractivity contribution in [1.82, 2.24) is 14.1 Å². The van der Waals surface area contributed by atoms with Gasteiger partial charge in [-0.1, -0.05) is 188 Å². The van der Waals surface area contributed by atoms with Gasteiger partial charge in [-0.05, 0) is 117 Å². The van der Waals surface area contributed by atoms with Crippen LogP contribution >= 0.6 is 0 Å². The summed E-state index contributed by atoms with van der Waals surface area (Å²) >= 11 is 0. The van der Waals surface area contributed by atoms with E-state index in [0.717, 1.165) is 56.0 Å². The summed E-state index contributed by atoms with van der Waals surface area (Å²) in [5, 5.41) is 4.84. The van der Waals surface area contributed by atoms with E-state index in [1.54, 1.807) is 0 Å².